The Kier molecular flexibility index (Phi) is 5.98. The second kappa shape index (κ2) is 9.17. The van der Waals surface area contributed by atoms with Gasteiger partial charge in [-0.1, -0.05) is 36.4 Å². The van der Waals surface area contributed by atoms with Crippen molar-refractivity contribution in [3.8, 4) is 11.5 Å². The minimum atomic E-state index is -0.505. The van der Waals surface area contributed by atoms with E-state index in [-0.39, 0.29) is 23.8 Å². The van der Waals surface area contributed by atoms with Crippen LogP contribution in [0.4, 0.5) is 11.6 Å². The third kappa shape index (κ3) is 4.67. The zero-order chi connectivity index (χ0) is 22.5. The number of hydrogen-bond acceptors (Lipinski definition) is 7. The number of anilines is 1. The number of benzene rings is 3. The van der Waals surface area contributed by atoms with E-state index >= 15 is 0 Å². The van der Waals surface area contributed by atoms with Gasteiger partial charge in [-0.3, -0.25) is 10.1 Å². The third-order valence-electron chi connectivity index (χ3n) is 4.72. The van der Waals surface area contributed by atoms with Gasteiger partial charge < -0.3 is 14.5 Å². The molecule has 4 rings (SSSR count). The number of nitro groups is 1. The molecule has 0 spiro atoms. The van der Waals surface area contributed by atoms with Gasteiger partial charge in [-0.15, -0.1) is 0 Å². The van der Waals surface area contributed by atoms with Crippen molar-refractivity contribution >= 4 is 28.9 Å². The van der Waals surface area contributed by atoms with Gasteiger partial charge in [0.15, 0.2) is 5.75 Å². The summed E-state index contributed by atoms with van der Waals surface area (Å²) in [5.74, 6) is 0.779. The molecular weight excluding hydrogens is 410 g/mol. The minimum absolute atomic E-state index is 0.0686. The van der Waals surface area contributed by atoms with Crippen molar-refractivity contribution in [3.63, 3.8) is 0 Å². The van der Waals surface area contributed by atoms with Crippen LogP contribution in [0, 0.1) is 17.0 Å². The quantitative estimate of drug-likeness (QED) is 0.235. The first-order chi connectivity index (χ1) is 15.5. The first-order valence-electron chi connectivity index (χ1n) is 9.82. The summed E-state index contributed by atoms with van der Waals surface area (Å²) in [7, 11) is 1.43. The molecule has 0 atom stereocenters. The number of ether oxygens (including phenoxy) is 2. The molecular formula is C23H21N5O4. The maximum Gasteiger partial charge on any atom is 0.315 e. The van der Waals surface area contributed by atoms with Crippen molar-refractivity contribution < 1.29 is 14.4 Å². The van der Waals surface area contributed by atoms with Crippen LogP contribution >= 0.6 is 0 Å². The molecule has 0 radical (unpaired) electrons. The van der Waals surface area contributed by atoms with E-state index < -0.39 is 4.92 Å². The smallest absolute Gasteiger partial charge is 0.315 e. The number of fused-ring (bicyclic) bond motifs is 1. The van der Waals surface area contributed by atoms with Gasteiger partial charge in [0.2, 0.25) is 11.7 Å². The number of aryl methyl sites for hydroxylation is 1. The molecule has 32 heavy (non-hydrogen) atoms. The van der Waals surface area contributed by atoms with E-state index in [1.165, 1.54) is 19.4 Å². The van der Waals surface area contributed by atoms with Crippen molar-refractivity contribution in [2.45, 2.75) is 13.5 Å². The Hall–Kier alpha value is -4.40. The predicted molar refractivity (Wildman–Crippen MR) is 122 cm³/mol. The number of aromatic nitrogens is 2. The van der Waals surface area contributed by atoms with E-state index in [1.807, 2.05) is 55.5 Å². The number of nitro benzene ring substituents is 1. The van der Waals surface area contributed by atoms with Crippen LogP contribution in [-0.2, 0) is 6.61 Å². The third-order valence-corrected chi connectivity index (χ3v) is 4.72. The van der Waals surface area contributed by atoms with Crippen molar-refractivity contribution in [1.29, 1.82) is 0 Å². The topological polar surface area (TPSA) is 115 Å². The number of hydrogen-bond donors (Lipinski definition) is 2. The highest BCUT2D eigenvalue weighted by Gasteiger charge is 2.22. The lowest BCUT2D eigenvalue weighted by molar-refractivity contribution is -0.386. The van der Waals surface area contributed by atoms with Crippen molar-refractivity contribution in [2.24, 2.45) is 5.10 Å². The maximum atomic E-state index is 11.7. The van der Waals surface area contributed by atoms with Gasteiger partial charge in [-0.25, -0.2) is 10.4 Å². The summed E-state index contributed by atoms with van der Waals surface area (Å²) in [6, 6.07) is 18.3. The number of rotatable bonds is 8. The van der Waals surface area contributed by atoms with Crippen molar-refractivity contribution in [3.05, 3.63) is 87.5 Å². The van der Waals surface area contributed by atoms with Gasteiger partial charge in [-0.05, 0) is 36.2 Å². The largest absolute Gasteiger partial charge is 0.493 e. The normalized spacial score (nSPS) is 11.1. The Bertz CT molecular complexity index is 1280. The molecule has 1 heterocycles. The number of hydrazone groups is 1. The maximum absolute atomic E-state index is 11.7. The fourth-order valence-electron chi connectivity index (χ4n) is 3.19. The molecule has 3 aromatic carbocycles. The summed E-state index contributed by atoms with van der Waals surface area (Å²) in [6.45, 7) is 2.18. The molecule has 1 aromatic heterocycles. The fraction of sp³-hybridized carbons (Fsp3) is 0.130. The van der Waals surface area contributed by atoms with Gasteiger partial charge in [0, 0.05) is 11.6 Å². The number of nitrogens with zero attached hydrogens (tertiary/aromatic N) is 3. The van der Waals surface area contributed by atoms with E-state index in [1.54, 1.807) is 6.07 Å². The molecule has 0 aliphatic carbocycles. The first kappa shape index (κ1) is 20.9. The molecule has 9 nitrogen and oxygen atoms in total. The van der Waals surface area contributed by atoms with Crippen molar-refractivity contribution in [2.75, 3.05) is 12.5 Å². The van der Waals surface area contributed by atoms with Gasteiger partial charge in [-0.2, -0.15) is 5.10 Å². The summed E-state index contributed by atoms with van der Waals surface area (Å²) in [4.78, 5) is 18.7. The molecule has 4 aromatic rings. The van der Waals surface area contributed by atoms with Crippen LogP contribution in [0.1, 0.15) is 16.7 Å². The van der Waals surface area contributed by atoms with E-state index in [2.05, 4.69) is 20.5 Å². The highest BCUT2D eigenvalue weighted by Crippen LogP contribution is 2.38. The van der Waals surface area contributed by atoms with Gasteiger partial charge in [0.05, 0.1) is 29.3 Å². The van der Waals surface area contributed by atoms with E-state index in [4.69, 9.17) is 9.47 Å². The number of imidazole rings is 1. The molecule has 9 heteroatoms. The number of H-pyrrole nitrogens is 1. The van der Waals surface area contributed by atoms with Crippen LogP contribution in [0.3, 0.4) is 0 Å². The summed E-state index contributed by atoms with van der Waals surface area (Å²) in [5, 5.41) is 15.8. The Labute approximate surface area is 183 Å². The Morgan fingerprint density at radius 2 is 2.00 bits per heavy atom. The molecule has 0 fully saturated rings. The molecule has 0 saturated carbocycles. The number of aromatic amines is 1. The van der Waals surface area contributed by atoms with E-state index in [0.717, 1.165) is 22.2 Å². The first-order valence-corrected chi connectivity index (χ1v) is 9.82. The summed E-state index contributed by atoms with van der Waals surface area (Å²) in [6.07, 6.45) is 1.45. The molecule has 0 bridgehead atoms. The van der Waals surface area contributed by atoms with E-state index in [9.17, 15) is 10.1 Å². The molecule has 0 saturated heterocycles. The van der Waals surface area contributed by atoms with E-state index in [0.29, 0.717) is 11.5 Å². The lowest BCUT2D eigenvalue weighted by Crippen LogP contribution is -2.03. The number of methoxy groups -OCH3 is 1. The van der Waals surface area contributed by atoms with Crippen molar-refractivity contribution in [1.82, 2.24) is 9.97 Å². The molecule has 162 valence electrons. The van der Waals surface area contributed by atoms with Crippen LogP contribution in [0.5, 0.6) is 11.5 Å². The molecule has 0 aliphatic rings. The Balaban J connectivity index is 1.55. The van der Waals surface area contributed by atoms with Gasteiger partial charge in [0.1, 0.15) is 6.61 Å². The lowest BCUT2D eigenvalue weighted by atomic mass is 10.1. The molecule has 0 unspecified atom stereocenters. The highest BCUT2D eigenvalue weighted by atomic mass is 16.6. The second-order valence-corrected chi connectivity index (χ2v) is 7.08. The molecule has 2 N–H and O–H groups in total. The SMILES string of the molecule is COc1cc(/C=N\Nc2nc3ccc(C)cc3[nH]2)cc([N+](=O)[O-])c1OCc1ccccc1. The van der Waals surface area contributed by atoms with Crippen LogP contribution in [0.2, 0.25) is 0 Å². The molecule has 0 aliphatic heterocycles. The van der Waals surface area contributed by atoms with Gasteiger partial charge in [0.25, 0.3) is 0 Å². The average Bonchev–Trinajstić information content (AvgIpc) is 3.20. The summed E-state index contributed by atoms with van der Waals surface area (Å²) < 4.78 is 11.1. The lowest BCUT2D eigenvalue weighted by Gasteiger charge is -2.12. The molecule has 0 amide bonds. The fourth-order valence-corrected chi connectivity index (χ4v) is 3.19. The monoisotopic (exact) mass is 431 g/mol. The summed E-state index contributed by atoms with van der Waals surface area (Å²) >= 11 is 0. The standard InChI is InChI=1S/C23H21N5O4/c1-15-8-9-18-19(10-15)26-23(25-18)27-24-13-17-11-20(28(29)30)22(21(12-17)31-2)32-14-16-6-4-3-5-7-16/h3-13H,14H2,1-2H3,(H2,25,26,27)/b24-13-. The predicted octanol–water partition coefficient (Wildman–Crippen LogP) is 4.81. The Morgan fingerprint density at radius 1 is 1.19 bits per heavy atom. The summed E-state index contributed by atoms with van der Waals surface area (Å²) in [5.41, 5.74) is 6.78. The van der Waals surface area contributed by atoms with Crippen LogP contribution in [-0.4, -0.2) is 28.2 Å². The highest BCUT2D eigenvalue weighted by molar-refractivity contribution is 5.84. The average molecular weight is 431 g/mol. The Morgan fingerprint density at radius 3 is 2.75 bits per heavy atom. The zero-order valence-electron chi connectivity index (χ0n) is 17.5. The number of nitrogens with one attached hydrogen (secondary N) is 2. The van der Waals surface area contributed by atoms with Gasteiger partial charge >= 0.3 is 5.69 Å². The zero-order valence-corrected chi connectivity index (χ0v) is 17.5. The second-order valence-electron chi connectivity index (χ2n) is 7.08. The van der Waals surface area contributed by atoms with Crippen LogP contribution in [0.25, 0.3) is 11.0 Å². The minimum Gasteiger partial charge on any atom is -0.493 e. The van der Waals surface area contributed by atoms with Crippen LogP contribution in [0.15, 0.2) is 65.8 Å². The van der Waals surface area contributed by atoms with Crippen LogP contribution < -0.4 is 14.9 Å².